The van der Waals surface area contributed by atoms with Gasteiger partial charge in [-0.25, -0.2) is 0 Å². The van der Waals surface area contributed by atoms with Crippen molar-refractivity contribution in [3.8, 4) is 0 Å². The largest absolute Gasteiger partial charge is 0.325 e. The predicted molar refractivity (Wildman–Crippen MR) is 90.0 cm³/mol. The first kappa shape index (κ1) is 15.1. The SMILES string of the molecule is CC(SCc1ccccc1)C(=O)Nc1ccc(Br)cc1. The third-order valence-corrected chi connectivity index (χ3v) is 4.57. The summed E-state index contributed by atoms with van der Waals surface area (Å²) in [6.07, 6.45) is 0. The van der Waals surface area contributed by atoms with Gasteiger partial charge in [-0.2, -0.15) is 0 Å². The number of carbonyl (C=O) groups excluding carboxylic acids is 1. The van der Waals surface area contributed by atoms with E-state index in [2.05, 4.69) is 33.4 Å². The molecule has 0 saturated heterocycles. The zero-order chi connectivity index (χ0) is 14.4. The molecule has 0 spiro atoms. The molecule has 0 aliphatic heterocycles. The molecule has 2 rings (SSSR count). The fourth-order valence-electron chi connectivity index (χ4n) is 1.65. The maximum absolute atomic E-state index is 12.1. The van der Waals surface area contributed by atoms with Crippen LogP contribution in [-0.2, 0) is 10.5 Å². The molecule has 2 aromatic carbocycles. The Hall–Kier alpha value is -1.26. The van der Waals surface area contributed by atoms with Gasteiger partial charge in [-0.1, -0.05) is 46.3 Å². The van der Waals surface area contributed by atoms with Crippen LogP contribution in [-0.4, -0.2) is 11.2 Å². The number of anilines is 1. The second-order valence-corrected chi connectivity index (χ2v) is 6.68. The number of amides is 1. The number of halogens is 1. The molecule has 0 radical (unpaired) electrons. The minimum Gasteiger partial charge on any atom is -0.325 e. The molecule has 0 fully saturated rings. The summed E-state index contributed by atoms with van der Waals surface area (Å²) < 4.78 is 1.00. The van der Waals surface area contributed by atoms with Gasteiger partial charge in [-0.3, -0.25) is 4.79 Å². The van der Waals surface area contributed by atoms with E-state index < -0.39 is 0 Å². The fraction of sp³-hybridized carbons (Fsp3) is 0.188. The summed E-state index contributed by atoms with van der Waals surface area (Å²) in [5.74, 6) is 0.878. The van der Waals surface area contributed by atoms with Gasteiger partial charge in [-0.15, -0.1) is 11.8 Å². The van der Waals surface area contributed by atoms with Crippen LogP contribution < -0.4 is 5.32 Å². The molecular formula is C16H16BrNOS. The van der Waals surface area contributed by atoms with E-state index in [-0.39, 0.29) is 11.2 Å². The van der Waals surface area contributed by atoms with Crippen LogP contribution in [0.4, 0.5) is 5.69 Å². The van der Waals surface area contributed by atoms with Gasteiger partial charge >= 0.3 is 0 Å². The summed E-state index contributed by atoms with van der Waals surface area (Å²) in [6, 6.07) is 17.8. The molecule has 0 heterocycles. The smallest absolute Gasteiger partial charge is 0.237 e. The Labute approximate surface area is 132 Å². The summed E-state index contributed by atoms with van der Waals surface area (Å²) in [4.78, 5) is 12.1. The summed E-state index contributed by atoms with van der Waals surface area (Å²) in [7, 11) is 0. The molecule has 0 aromatic heterocycles. The second-order valence-electron chi connectivity index (χ2n) is 4.43. The van der Waals surface area contributed by atoms with Gasteiger partial charge in [0.15, 0.2) is 0 Å². The zero-order valence-corrected chi connectivity index (χ0v) is 13.6. The van der Waals surface area contributed by atoms with E-state index >= 15 is 0 Å². The average Bonchev–Trinajstić information content (AvgIpc) is 2.48. The maximum Gasteiger partial charge on any atom is 0.237 e. The Morgan fingerprint density at radius 2 is 1.80 bits per heavy atom. The molecule has 1 N–H and O–H groups in total. The number of hydrogen-bond acceptors (Lipinski definition) is 2. The normalized spacial score (nSPS) is 11.9. The Kier molecular flexibility index (Phi) is 5.68. The van der Waals surface area contributed by atoms with Crippen LogP contribution in [0.25, 0.3) is 0 Å². The third-order valence-electron chi connectivity index (χ3n) is 2.82. The number of carbonyl (C=O) groups is 1. The predicted octanol–water partition coefficient (Wildman–Crippen LogP) is 4.71. The molecule has 0 bridgehead atoms. The van der Waals surface area contributed by atoms with Crippen molar-refractivity contribution in [2.45, 2.75) is 17.9 Å². The van der Waals surface area contributed by atoms with E-state index in [0.717, 1.165) is 15.9 Å². The molecule has 1 unspecified atom stereocenters. The summed E-state index contributed by atoms with van der Waals surface area (Å²) in [5, 5.41) is 2.84. The molecule has 1 atom stereocenters. The van der Waals surface area contributed by atoms with Gasteiger partial charge in [-0.05, 0) is 36.8 Å². The molecular weight excluding hydrogens is 334 g/mol. The topological polar surface area (TPSA) is 29.1 Å². The Bertz CT molecular complexity index is 556. The first-order chi connectivity index (χ1) is 9.65. The molecule has 0 saturated carbocycles. The van der Waals surface area contributed by atoms with E-state index in [1.807, 2.05) is 49.4 Å². The minimum absolute atomic E-state index is 0.0354. The van der Waals surface area contributed by atoms with Crippen LogP contribution in [0, 0.1) is 0 Å². The molecule has 2 aromatic rings. The highest BCUT2D eigenvalue weighted by molar-refractivity contribution is 9.10. The second kappa shape index (κ2) is 7.50. The molecule has 0 aliphatic carbocycles. The van der Waals surface area contributed by atoms with Crippen LogP contribution in [0.1, 0.15) is 12.5 Å². The van der Waals surface area contributed by atoms with Gasteiger partial charge in [0.05, 0.1) is 5.25 Å². The van der Waals surface area contributed by atoms with Crippen molar-refractivity contribution in [1.29, 1.82) is 0 Å². The van der Waals surface area contributed by atoms with E-state index in [1.165, 1.54) is 5.56 Å². The monoisotopic (exact) mass is 349 g/mol. The fourth-order valence-corrected chi connectivity index (χ4v) is 2.76. The van der Waals surface area contributed by atoms with Crippen molar-refractivity contribution in [3.05, 3.63) is 64.6 Å². The van der Waals surface area contributed by atoms with Gasteiger partial charge in [0.1, 0.15) is 0 Å². The number of benzene rings is 2. The molecule has 20 heavy (non-hydrogen) atoms. The lowest BCUT2D eigenvalue weighted by molar-refractivity contribution is -0.115. The highest BCUT2D eigenvalue weighted by Crippen LogP contribution is 2.20. The first-order valence-corrected chi connectivity index (χ1v) is 8.21. The molecule has 4 heteroatoms. The molecule has 2 nitrogen and oxygen atoms in total. The third kappa shape index (κ3) is 4.69. The van der Waals surface area contributed by atoms with E-state index in [9.17, 15) is 4.79 Å². The number of rotatable bonds is 5. The van der Waals surface area contributed by atoms with Crippen LogP contribution >= 0.6 is 27.7 Å². The van der Waals surface area contributed by atoms with Crippen molar-refractivity contribution in [3.63, 3.8) is 0 Å². The summed E-state index contributed by atoms with van der Waals surface area (Å²) in [5.41, 5.74) is 2.06. The van der Waals surface area contributed by atoms with Crippen LogP contribution in [0.15, 0.2) is 59.1 Å². The Morgan fingerprint density at radius 1 is 1.15 bits per heavy atom. The first-order valence-electron chi connectivity index (χ1n) is 6.37. The van der Waals surface area contributed by atoms with Crippen molar-refractivity contribution < 1.29 is 4.79 Å². The lowest BCUT2D eigenvalue weighted by Crippen LogP contribution is -2.22. The molecule has 104 valence electrons. The zero-order valence-electron chi connectivity index (χ0n) is 11.2. The minimum atomic E-state index is -0.0844. The number of hydrogen-bond donors (Lipinski definition) is 1. The highest BCUT2D eigenvalue weighted by Gasteiger charge is 2.13. The molecule has 0 aliphatic rings. The van der Waals surface area contributed by atoms with Crippen LogP contribution in [0.2, 0.25) is 0 Å². The maximum atomic E-state index is 12.1. The average molecular weight is 350 g/mol. The highest BCUT2D eigenvalue weighted by atomic mass is 79.9. The Balaban J connectivity index is 1.84. The van der Waals surface area contributed by atoms with Crippen molar-refractivity contribution in [2.24, 2.45) is 0 Å². The van der Waals surface area contributed by atoms with Gasteiger partial charge in [0.25, 0.3) is 0 Å². The van der Waals surface area contributed by atoms with Crippen molar-refractivity contribution in [1.82, 2.24) is 0 Å². The quantitative estimate of drug-likeness (QED) is 0.846. The standard InChI is InChI=1S/C16H16BrNOS/c1-12(20-11-13-5-3-2-4-6-13)16(19)18-15-9-7-14(17)8-10-15/h2-10,12H,11H2,1H3,(H,18,19). The molecule has 1 amide bonds. The summed E-state index contributed by atoms with van der Waals surface area (Å²) >= 11 is 5.01. The van der Waals surface area contributed by atoms with Crippen molar-refractivity contribution in [2.75, 3.05) is 5.32 Å². The van der Waals surface area contributed by atoms with Crippen LogP contribution in [0.3, 0.4) is 0 Å². The summed E-state index contributed by atoms with van der Waals surface area (Å²) in [6.45, 7) is 1.93. The van der Waals surface area contributed by atoms with Gasteiger partial charge in [0.2, 0.25) is 5.91 Å². The van der Waals surface area contributed by atoms with Crippen molar-refractivity contribution >= 4 is 39.3 Å². The Morgan fingerprint density at radius 3 is 2.45 bits per heavy atom. The number of thioether (sulfide) groups is 1. The number of nitrogens with one attached hydrogen (secondary N) is 1. The lowest BCUT2D eigenvalue weighted by Gasteiger charge is -2.12. The lowest BCUT2D eigenvalue weighted by atomic mass is 10.2. The van der Waals surface area contributed by atoms with E-state index in [0.29, 0.717) is 0 Å². The van der Waals surface area contributed by atoms with Gasteiger partial charge < -0.3 is 5.32 Å². The van der Waals surface area contributed by atoms with Gasteiger partial charge in [0, 0.05) is 15.9 Å². The van der Waals surface area contributed by atoms with E-state index in [4.69, 9.17) is 0 Å². The van der Waals surface area contributed by atoms with E-state index in [1.54, 1.807) is 11.8 Å². The van der Waals surface area contributed by atoms with Crippen LogP contribution in [0.5, 0.6) is 0 Å².